The quantitative estimate of drug-likeness (QED) is 0.0272. The van der Waals surface area contributed by atoms with Crippen LogP contribution in [0.1, 0.15) is 155 Å². The Morgan fingerprint density at radius 1 is 0.533 bits per heavy atom. The molecule has 0 aromatic carbocycles. The highest BCUT2D eigenvalue weighted by Crippen LogP contribution is 2.22. The molecule has 1 saturated heterocycles. The normalized spacial score (nSPS) is 20.9. The molecule has 6 atom stereocenters. The minimum atomic E-state index is -1.55. The number of aliphatic hydroxyl groups is 4. The molecule has 0 spiro atoms. The molecule has 1 aliphatic rings. The van der Waals surface area contributed by atoms with Gasteiger partial charge >= 0.3 is 5.97 Å². The van der Waals surface area contributed by atoms with Crippen LogP contribution in [-0.2, 0) is 23.7 Å². The first-order chi connectivity index (χ1) is 29.4. The number of carbonyl (C=O) groups excluding carboxylic acids is 1. The van der Waals surface area contributed by atoms with Gasteiger partial charge in [-0.3, -0.25) is 4.79 Å². The van der Waals surface area contributed by atoms with E-state index in [-0.39, 0.29) is 19.2 Å². The summed E-state index contributed by atoms with van der Waals surface area (Å²) in [5.41, 5.74) is 0. The van der Waals surface area contributed by atoms with Crippen LogP contribution in [0.5, 0.6) is 0 Å². The van der Waals surface area contributed by atoms with Crippen LogP contribution >= 0.6 is 0 Å². The van der Waals surface area contributed by atoms with E-state index in [0.29, 0.717) is 13.0 Å². The maximum absolute atomic E-state index is 12.8. The van der Waals surface area contributed by atoms with Gasteiger partial charge in [0.05, 0.1) is 19.8 Å². The number of unbranched alkanes of at least 4 members (excludes halogenated alkanes) is 11. The number of carbonyl (C=O) groups is 1. The minimum absolute atomic E-state index is 0.113. The second-order valence-electron chi connectivity index (χ2n) is 15.4. The van der Waals surface area contributed by atoms with Crippen molar-refractivity contribution in [1.82, 2.24) is 0 Å². The van der Waals surface area contributed by atoms with Crippen molar-refractivity contribution in [1.29, 1.82) is 0 Å². The summed E-state index contributed by atoms with van der Waals surface area (Å²) < 4.78 is 22.8. The number of aliphatic hydroxyl groups excluding tert-OH is 4. The lowest BCUT2D eigenvalue weighted by Crippen LogP contribution is -2.59. The number of esters is 1. The minimum Gasteiger partial charge on any atom is -0.457 e. The molecular formula is C51H84O9. The first-order valence-corrected chi connectivity index (χ1v) is 23.3. The highest BCUT2D eigenvalue weighted by Gasteiger charge is 2.44. The number of rotatable bonds is 38. The Bertz CT molecular complexity index is 1230. The van der Waals surface area contributed by atoms with Crippen LogP contribution in [0.3, 0.4) is 0 Å². The standard InChI is InChI=1S/C51H84O9/c1-3-5-7-9-11-13-15-17-19-21-22-23-24-25-26-28-30-32-34-36-38-40-47(53)59-45(44-58-51-50(56)49(55)48(54)46(42-52)60-51)43-57-41-39-37-35-33-31-29-27-20-18-16-14-12-10-8-6-4-2/h5-8,11-14,17-20,22-23,29,31,45-46,48-52,54-56H,3-4,9-10,15-16,21,24-28,30,32-44H2,1-2H3/b7-5-,8-6-,13-11-,14-12-,19-17-,20-18-,23-22-,31-29-. The molecule has 60 heavy (non-hydrogen) atoms. The monoisotopic (exact) mass is 841 g/mol. The maximum atomic E-state index is 12.8. The number of hydrogen-bond acceptors (Lipinski definition) is 9. The summed E-state index contributed by atoms with van der Waals surface area (Å²) in [5, 5.41) is 40.2. The van der Waals surface area contributed by atoms with Crippen LogP contribution in [0.15, 0.2) is 97.2 Å². The van der Waals surface area contributed by atoms with Crippen molar-refractivity contribution in [3.63, 3.8) is 0 Å². The molecule has 1 fully saturated rings. The third-order valence-corrected chi connectivity index (χ3v) is 10.00. The molecule has 0 bridgehead atoms. The van der Waals surface area contributed by atoms with E-state index >= 15 is 0 Å². The molecule has 6 unspecified atom stereocenters. The van der Waals surface area contributed by atoms with Crippen LogP contribution in [0.4, 0.5) is 0 Å². The van der Waals surface area contributed by atoms with Crippen LogP contribution in [0.2, 0.25) is 0 Å². The second-order valence-corrected chi connectivity index (χ2v) is 15.4. The van der Waals surface area contributed by atoms with Crippen LogP contribution < -0.4 is 0 Å². The fourth-order valence-corrected chi connectivity index (χ4v) is 6.41. The van der Waals surface area contributed by atoms with Crippen molar-refractivity contribution < 1.29 is 44.2 Å². The summed E-state index contributed by atoms with van der Waals surface area (Å²) in [6.45, 7) is 4.22. The van der Waals surface area contributed by atoms with E-state index < -0.39 is 43.4 Å². The first kappa shape index (κ1) is 55.1. The van der Waals surface area contributed by atoms with Gasteiger partial charge in [0.1, 0.15) is 30.5 Å². The molecule has 1 rings (SSSR count). The maximum Gasteiger partial charge on any atom is 0.306 e. The van der Waals surface area contributed by atoms with Crippen molar-refractivity contribution in [2.24, 2.45) is 0 Å². The molecule has 0 aliphatic carbocycles. The Kier molecular flexibility index (Phi) is 38.1. The topological polar surface area (TPSA) is 135 Å². The van der Waals surface area contributed by atoms with E-state index in [2.05, 4.69) is 111 Å². The lowest BCUT2D eigenvalue weighted by atomic mass is 9.99. The van der Waals surface area contributed by atoms with Gasteiger partial charge in [-0.2, -0.15) is 0 Å². The van der Waals surface area contributed by atoms with Crippen molar-refractivity contribution in [3.05, 3.63) is 97.2 Å². The summed E-state index contributed by atoms with van der Waals surface area (Å²) in [6, 6.07) is 0. The molecule has 0 aromatic heterocycles. The van der Waals surface area contributed by atoms with Gasteiger partial charge in [0.2, 0.25) is 0 Å². The predicted molar refractivity (Wildman–Crippen MR) is 246 cm³/mol. The number of allylic oxidation sites excluding steroid dienone is 16. The van der Waals surface area contributed by atoms with Gasteiger partial charge in [0, 0.05) is 13.0 Å². The van der Waals surface area contributed by atoms with Gasteiger partial charge in [-0.25, -0.2) is 0 Å². The van der Waals surface area contributed by atoms with Crippen LogP contribution in [0.25, 0.3) is 0 Å². The molecule has 9 nitrogen and oxygen atoms in total. The van der Waals surface area contributed by atoms with Crippen LogP contribution in [0, 0.1) is 0 Å². The third-order valence-electron chi connectivity index (χ3n) is 10.00. The fourth-order valence-electron chi connectivity index (χ4n) is 6.41. The third kappa shape index (κ3) is 31.9. The van der Waals surface area contributed by atoms with Gasteiger partial charge in [-0.15, -0.1) is 0 Å². The van der Waals surface area contributed by atoms with Crippen molar-refractivity contribution in [3.8, 4) is 0 Å². The first-order valence-electron chi connectivity index (χ1n) is 23.3. The van der Waals surface area contributed by atoms with Gasteiger partial charge in [0.25, 0.3) is 0 Å². The molecule has 342 valence electrons. The van der Waals surface area contributed by atoms with Gasteiger partial charge in [-0.1, -0.05) is 156 Å². The molecular weight excluding hydrogens is 757 g/mol. The summed E-state index contributed by atoms with van der Waals surface area (Å²) in [7, 11) is 0. The Morgan fingerprint density at radius 3 is 1.45 bits per heavy atom. The van der Waals surface area contributed by atoms with Crippen molar-refractivity contribution in [2.45, 2.75) is 192 Å². The highest BCUT2D eigenvalue weighted by atomic mass is 16.7. The van der Waals surface area contributed by atoms with Crippen molar-refractivity contribution >= 4 is 5.97 Å². The molecule has 4 N–H and O–H groups in total. The number of ether oxygens (including phenoxy) is 4. The fraction of sp³-hybridized carbons (Fsp3) is 0.667. The Balaban J connectivity index is 2.28. The van der Waals surface area contributed by atoms with E-state index in [4.69, 9.17) is 18.9 Å². The van der Waals surface area contributed by atoms with Gasteiger partial charge in [0.15, 0.2) is 6.29 Å². The molecule has 0 aromatic rings. The van der Waals surface area contributed by atoms with Crippen LogP contribution in [-0.4, -0.2) is 89.6 Å². The Hall–Kier alpha value is -2.89. The summed E-state index contributed by atoms with van der Waals surface area (Å²) in [4.78, 5) is 12.8. The zero-order chi connectivity index (χ0) is 43.6. The number of hydrogen-bond donors (Lipinski definition) is 4. The Morgan fingerprint density at radius 2 is 0.967 bits per heavy atom. The van der Waals surface area contributed by atoms with Gasteiger partial charge in [-0.05, 0) is 89.9 Å². The highest BCUT2D eigenvalue weighted by molar-refractivity contribution is 5.69. The van der Waals surface area contributed by atoms with E-state index in [9.17, 15) is 25.2 Å². The van der Waals surface area contributed by atoms with E-state index in [1.807, 2.05) is 0 Å². The molecule has 1 aliphatic heterocycles. The Labute approximate surface area is 364 Å². The SMILES string of the molecule is CC/C=C\C/C=C\C/C=C\C/C=C\CCCCCCCCCCC(=O)OC(COCCCCC/C=C\C/C=C\C/C=C\C/C=C\CC)COC1OC(CO)C(O)C(O)C1O. The second kappa shape index (κ2) is 41.5. The van der Waals surface area contributed by atoms with E-state index in [1.54, 1.807) is 0 Å². The van der Waals surface area contributed by atoms with Gasteiger partial charge < -0.3 is 39.4 Å². The molecule has 0 saturated carbocycles. The summed E-state index contributed by atoms with van der Waals surface area (Å²) in [6.07, 6.45) is 50.0. The molecule has 1 heterocycles. The average molecular weight is 841 g/mol. The average Bonchev–Trinajstić information content (AvgIpc) is 3.25. The smallest absolute Gasteiger partial charge is 0.306 e. The zero-order valence-electron chi connectivity index (χ0n) is 37.4. The van der Waals surface area contributed by atoms with E-state index in [1.165, 1.54) is 25.7 Å². The molecule has 9 heteroatoms. The lowest BCUT2D eigenvalue weighted by molar-refractivity contribution is -0.305. The lowest BCUT2D eigenvalue weighted by Gasteiger charge is -2.39. The predicted octanol–water partition coefficient (Wildman–Crippen LogP) is 10.8. The summed E-state index contributed by atoms with van der Waals surface area (Å²) >= 11 is 0. The largest absolute Gasteiger partial charge is 0.457 e. The van der Waals surface area contributed by atoms with Crippen molar-refractivity contribution in [2.75, 3.05) is 26.4 Å². The summed E-state index contributed by atoms with van der Waals surface area (Å²) in [5.74, 6) is -0.338. The molecule has 0 radical (unpaired) electrons. The molecule has 0 amide bonds. The zero-order valence-corrected chi connectivity index (χ0v) is 37.4. The van der Waals surface area contributed by atoms with E-state index in [0.717, 1.165) is 109 Å².